The summed E-state index contributed by atoms with van der Waals surface area (Å²) in [4.78, 5) is 40.0. The number of aromatic nitrogens is 1. The van der Waals surface area contributed by atoms with Crippen LogP contribution in [-0.4, -0.2) is 35.1 Å². The van der Waals surface area contributed by atoms with Crippen molar-refractivity contribution in [3.05, 3.63) is 51.6 Å². The van der Waals surface area contributed by atoms with Gasteiger partial charge in [0.2, 0.25) is 5.91 Å². The van der Waals surface area contributed by atoms with E-state index in [1.807, 2.05) is 0 Å². The number of primary amides is 1. The molecule has 3 amide bonds. The van der Waals surface area contributed by atoms with Gasteiger partial charge in [0.25, 0.3) is 5.91 Å². The van der Waals surface area contributed by atoms with Gasteiger partial charge in [-0.2, -0.15) is 13.2 Å². The number of alkyl halides is 3. The zero-order valence-corrected chi connectivity index (χ0v) is 22.2. The van der Waals surface area contributed by atoms with Crippen LogP contribution in [0.15, 0.2) is 34.9 Å². The second-order valence-electron chi connectivity index (χ2n) is 9.00. The third-order valence-corrected chi connectivity index (χ3v) is 5.16. The second-order valence-corrected chi connectivity index (χ2v) is 9.92. The number of benzene rings is 1. The maximum absolute atomic E-state index is 13.7. The number of hydrogen-bond acceptors (Lipinski definition) is 6. The average Bonchev–Trinajstić information content (AvgIpc) is 2.75. The van der Waals surface area contributed by atoms with Crippen LogP contribution in [0, 0.1) is 0 Å². The van der Waals surface area contributed by atoms with Gasteiger partial charge in [0.15, 0.2) is 0 Å². The molecule has 0 spiro atoms. The van der Waals surface area contributed by atoms with Crippen LogP contribution in [0.4, 0.5) is 23.8 Å². The Labute approximate surface area is 220 Å². The number of pyridine rings is 1. The number of alkyl carbamates (subject to hydrolysis) is 1. The molecule has 37 heavy (non-hydrogen) atoms. The zero-order valence-electron chi connectivity index (χ0n) is 20.7. The zero-order chi connectivity index (χ0) is 28.0. The first kappa shape index (κ1) is 29.9. The Hall–Kier alpha value is -3.35. The Bertz CT molecular complexity index is 1150. The number of halogens is 4. The molecule has 0 aliphatic heterocycles. The average molecular weight is 589 g/mol. The summed E-state index contributed by atoms with van der Waals surface area (Å²) in [6.07, 6.45) is -4.23. The van der Waals surface area contributed by atoms with Gasteiger partial charge in [-0.25, -0.2) is 9.78 Å². The highest BCUT2D eigenvalue weighted by atomic mass is 79.9. The third kappa shape index (κ3) is 9.23. The predicted octanol–water partition coefficient (Wildman–Crippen LogP) is 5.35. The minimum Gasteiger partial charge on any atom is -0.493 e. The summed E-state index contributed by atoms with van der Waals surface area (Å²) in [6, 6.07) is 4.02. The molecule has 0 radical (unpaired) electrons. The first-order chi connectivity index (χ1) is 17.1. The Morgan fingerprint density at radius 2 is 1.86 bits per heavy atom. The van der Waals surface area contributed by atoms with Crippen LogP contribution >= 0.6 is 15.9 Å². The number of anilines is 1. The first-order valence-electron chi connectivity index (χ1n) is 11.2. The van der Waals surface area contributed by atoms with Crippen LogP contribution in [0.1, 0.15) is 68.1 Å². The van der Waals surface area contributed by atoms with Crippen molar-refractivity contribution in [2.75, 3.05) is 11.9 Å². The number of nitrogens with two attached hydrogens (primary N) is 1. The molecule has 0 unspecified atom stereocenters. The SMILES string of the molecule is C[C@@H](NC(=O)OC(C)(C)C)c1cccc(C(F)(F)F)c1OCCCC(=O)Nc1ncc(Br)cc1C(N)=O. The molecule has 1 atom stereocenters. The molecule has 0 aliphatic rings. The van der Waals surface area contributed by atoms with Crippen LogP contribution < -0.4 is 21.1 Å². The summed E-state index contributed by atoms with van der Waals surface area (Å²) in [7, 11) is 0. The summed E-state index contributed by atoms with van der Waals surface area (Å²) in [6.45, 7) is 6.25. The van der Waals surface area contributed by atoms with Crippen LogP contribution in [0.25, 0.3) is 0 Å². The molecule has 202 valence electrons. The van der Waals surface area contributed by atoms with Crippen molar-refractivity contribution < 1.29 is 37.0 Å². The molecule has 0 bridgehead atoms. The predicted molar refractivity (Wildman–Crippen MR) is 133 cm³/mol. The Kier molecular flexibility index (Phi) is 9.90. The van der Waals surface area contributed by atoms with E-state index in [-0.39, 0.29) is 36.4 Å². The van der Waals surface area contributed by atoms with E-state index in [1.165, 1.54) is 31.3 Å². The van der Waals surface area contributed by atoms with Crippen LogP contribution in [-0.2, 0) is 15.7 Å². The number of hydrogen-bond donors (Lipinski definition) is 3. The van der Waals surface area contributed by atoms with E-state index in [0.29, 0.717) is 4.47 Å². The normalized spacial score (nSPS) is 12.4. The van der Waals surface area contributed by atoms with Gasteiger partial charge in [0.1, 0.15) is 17.2 Å². The first-order valence-corrected chi connectivity index (χ1v) is 12.0. The van der Waals surface area contributed by atoms with E-state index in [1.54, 1.807) is 20.8 Å². The Morgan fingerprint density at radius 1 is 1.19 bits per heavy atom. The summed E-state index contributed by atoms with van der Waals surface area (Å²) < 4.78 is 52.2. The molecule has 1 aromatic heterocycles. The molecule has 1 aromatic carbocycles. The van der Waals surface area contributed by atoms with Crippen LogP contribution in [0.5, 0.6) is 5.75 Å². The minimum atomic E-state index is -4.72. The topological polar surface area (TPSA) is 133 Å². The van der Waals surface area contributed by atoms with Crippen molar-refractivity contribution in [3.63, 3.8) is 0 Å². The molecule has 2 aromatic rings. The number of para-hydroxylation sites is 1. The van der Waals surface area contributed by atoms with Crippen molar-refractivity contribution in [3.8, 4) is 5.75 Å². The number of nitrogens with one attached hydrogen (secondary N) is 2. The standard InChI is InChI=1S/C24H28BrF3N4O5/c1-13(31-22(35)37-23(2,3)4)15-7-5-8-17(24(26,27)28)19(15)36-10-6-9-18(33)32-21-16(20(29)34)11-14(25)12-30-21/h5,7-8,11-13H,6,9-10H2,1-4H3,(H2,29,34)(H,31,35)(H,30,32,33)/t13-/m1/s1. The number of rotatable bonds is 9. The lowest BCUT2D eigenvalue weighted by molar-refractivity contribution is -0.139. The van der Waals surface area contributed by atoms with E-state index in [4.69, 9.17) is 15.2 Å². The Morgan fingerprint density at radius 3 is 2.46 bits per heavy atom. The van der Waals surface area contributed by atoms with E-state index >= 15 is 0 Å². The van der Waals surface area contributed by atoms with Gasteiger partial charge >= 0.3 is 12.3 Å². The van der Waals surface area contributed by atoms with Gasteiger partial charge in [-0.05, 0) is 62.2 Å². The van der Waals surface area contributed by atoms with Crippen LogP contribution in [0.3, 0.4) is 0 Å². The lowest BCUT2D eigenvalue weighted by Crippen LogP contribution is -2.34. The van der Waals surface area contributed by atoms with Crippen LogP contribution in [0.2, 0.25) is 0 Å². The van der Waals surface area contributed by atoms with Gasteiger partial charge in [-0.1, -0.05) is 12.1 Å². The number of carbonyl (C=O) groups excluding carboxylic acids is 3. The number of amides is 3. The van der Waals surface area contributed by atoms with Crippen molar-refractivity contribution in [2.45, 2.75) is 58.4 Å². The maximum Gasteiger partial charge on any atom is 0.419 e. The number of carbonyl (C=O) groups is 3. The summed E-state index contributed by atoms with van der Waals surface area (Å²) >= 11 is 3.16. The fourth-order valence-corrected chi connectivity index (χ4v) is 3.50. The molecule has 13 heteroatoms. The van der Waals surface area contributed by atoms with Gasteiger partial charge in [-0.3, -0.25) is 9.59 Å². The number of nitrogens with zero attached hydrogens (tertiary/aromatic N) is 1. The van der Waals surface area contributed by atoms with Gasteiger partial charge < -0.3 is 25.8 Å². The molecule has 0 aliphatic carbocycles. The highest BCUT2D eigenvalue weighted by Gasteiger charge is 2.36. The minimum absolute atomic E-state index is 0.00537. The lowest BCUT2D eigenvalue weighted by Gasteiger charge is -2.24. The fourth-order valence-electron chi connectivity index (χ4n) is 3.17. The largest absolute Gasteiger partial charge is 0.493 e. The van der Waals surface area contributed by atoms with E-state index in [2.05, 4.69) is 31.5 Å². The fraction of sp³-hybridized carbons (Fsp3) is 0.417. The molecule has 1 heterocycles. The van der Waals surface area contributed by atoms with E-state index in [0.717, 1.165) is 6.07 Å². The number of ether oxygens (including phenoxy) is 2. The van der Waals surface area contributed by atoms with Crippen molar-refractivity contribution in [2.24, 2.45) is 5.73 Å². The molecule has 0 saturated heterocycles. The van der Waals surface area contributed by atoms with E-state index < -0.39 is 47.0 Å². The van der Waals surface area contributed by atoms with Gasteiger partial charge in [-0.15, -0.1) is 0 Å². The molecule has 4 N–H and O–H groups in total. The van der Waals surface area contributed by atoms with Crippen molar-refractivity contribution in [1.82, 2.24) is 10.3 Å². The molecular formula is C24H28BrF3N4O5. The van der Waals surface area contributed by atoms with Crippen molar-refractivity contribution >= 4 is 39.7 Å². The quantitative estimate of drug-likeness (QED) is 0.338. The summed E-state index contributed by atoms with van der Waals surface area (Å²) in [5, 5.41) is 4.96. The van der Waals surface area contributed by atoms with Gasteiger partial charge in [0, 0.05) is 22.7 Å². The smallest absolute Gasteiger partial charge is 0.419 e. The maximum atomic E-state index is 13.7. The van der Waals surface area contributed by atoms with Gasteiger partial charge in [0.05, 0.1) is 23.8 Å². The monoisotopic (exact) mass is 588 g/mol. The van der Waals surface area contributed by atoms with Crippen molar-refractivity contribution in [1.29, 1.82) is 0 Å². The van der Waals surface area contributed by atoms with E-state index in [9.17, 15) is 27.6 Å². The lowest BCUT2D eigenvalue weighted by atomic mass is 10.0. The highest BCUT2D eigenvalue weighted by molar-refractivity contribution is 9.10. The Balaban J connectivity index is 2.10. The molecule has 0 saturated carbocycles. The third-order valence-electron chi connectivity index (χ3n) is 4.72. The molecule has 2 rings (SSSR count). The molecule has 0 fully saturated rings. The summed E-state index contributed by atoms with van der Waals surface area (Å²) in [5.41, 5.74) is 3.58. The second kappa shape index (κ2) is 12.3. The summed E-state index contributed by atoms with van der Waals surface area (Å²) in [5.74, 6) is -1.82. The molecule has 9 nitrogen and oxygen atoms in total. The molecular weight excluding hydrogens is 561 g/mol. The highest BCUT2D eigenvalue weighted by Crippen LogP contribution is 2.40.